The lowest BCUT2D eigenvalue weighted by molar-refractivity contribution is 0.172. The van der Waals surface area contributed by atoms with Crippen molar-refractivity contribution in [3.05, 3.63) is 42.2 Å². The fourth-order valence-electron chi connectivity index (χ4n) is 2.96. The van der Waals surface area contributed by atoms with Crippen LogP contribution in [0.15, 0.2) is 36.4 Å². The predicted molar refractivity (Wildman–Crippen MR) is 87.8 cm³/mol. The molecule has 2 aromatic carbocycles. The zero-order valence-electron chi connectivity index (χ0n) is 13.0. The van der Waals surface area contributed by atoms with Crippen molar-refractivity contribution in [1.29, 1.82) is 0 Å². The second-order valence-electron chi connectivity index (χ2n) is 5.63. The fourth-order valence-corrected chi connectivity index (χ4v) is 2.96. The van der Waals surface area contributed by atoms with Gasteiger partial charge in [0.25, 0.3) is 0 Å². The fraction of sp³-hybridized carbons (Fsp3) is 0.278. The minimum absolute atomic E-state index is 0.0565. The first-order valence-electron chi connectivity index (χ1n) is 7.93. The Balaban J connectivity index is 1.93. The van der Waals surface area contributed by atoms with Crippen LogP contribution >= 0.6 is 0 Å². The van der Waals surface area contributed by atoms with Crippen LogP contribution in [0.3, 0.4) is 0 Å². The second-order valence-corrected chi connectivity index (χ2v) is 5.63. The van der Waals surface area contributed by atoms with Gasteiger partial charge in [-0.1, -0.05) is 12.1 Å². The standard InChI is InChI=1S/C18H17FN2O3/c19-13-5-2-1-4-12(13)18-20-14-10-16-17(24-9-8-23-16)11-15(14)21(18)6-3-7-22/h1-2,4-5,10-11,22H,3,6-9H2. The van der Waals surface area contributed by atoms with E-state index in [1.165, 1.54) is 6.07 Å². The van der Waals surface area contributed by atoms with E-state index >= 15 is 0 Å². The third-order valence-electron chi connectivity index (χ3n) is 4.07. The molecule has 1 aliphatic heterocycles. The average Bonchev–Trinajstić information content (AvgIpc) is 2.95. The molecule has 0 amide bonds. The highest BCUT2D eigenvalue weighted by Crippen LogP contribution is 2.36. The minimum Gasteiger partial charge on any atom is -0.486 e. The molecule has 0 fully saturated rings. The van der Waals surface area contributed by atoms with Crippen LogP contribution in [0.5, 0.6) is 11.5 Å². The number of fused-ring (bicyclic) bond motifs is 2. The highest BCUT2D eigenvalue weighted by Gasteiger charge is 2.20. The number of benzene rings is 2. The number of hydrogen-bond donors (Lipinski definition) is 1. The Hall–Kier alpha value is -2.60. The molecular weight excluding hydrogens is 311 g/mol. The van der Waals surface area contributed by atoms with Gasteiger partial charge < -0.3 is 19.1 Å². The summed E-state index contributed by atoms with van der Waals surface area (Å²) in [4.78, 5) is 4.61. The maximum absolute atomic E-state index is 14.3. The minimum atomic E-state index is -0.324. The number of aliphatic hydroxyl groups excluding tert-OH is 1. The van der Waals surface area contributed by atoms with E-state index in [1.807, 2.05) is 16.7 Å². The van der Waals surface area contributed by atoms with Crippen LogP contribution in [0, 0.1) is 5.82 Å². The Bertz CT molecular complexity index is 891. The van der Waals surface area contributed by atoms with E-state index in [4.69, 9.17) is 9.47 Å². The van der Waals surface area contributed by atoms with Gasteiger partial charge in [-0.2, -0.15) is 0 Å². The Morgan fingerprint density at radius 2 is 1.88 bits per heavy atom. The molecular formula is C18H17FN2O3. The summed E-state index contributed by atoms with van der Waals surface area (Å²) in [5, 5.41) is 9.19. The Labute approximate surface area is 138 Å². The van der Waals surface area contributed by atoms with Crippen molar-refractivity contribution in [2.45, 2.75) is 13.0 Å². The first-order valence-corrected chi connectivity index (χ1v) is 7.93. The third kappa shape index (κ3) is 2.49. The van der Waals surface area contributed by atoms with Gasteiger partial charge in [0.1, 0.15) is 24.9 Å². The molecule has 5 nitrogen and oxygen atoms in total. The number of nitrogens with zero attached hydrogens (tertiary/aromatic N) is 2. The normalized spacial score (nSPS) is 13.4. The van der Waals surface area contributed by atoms with Gasteiger partial charge >= 0.3 is 0 Å². The van der Waals surface area contributed by atoms with E-state index in [1.54, 1.807) is 18.2 Å². The molecule has 0 bridgehead atoms. The van der Waals surface area contributed by atoms with Crippen LogP contribution in [0.2, 0.25) is 0 Å². The summed E-state index contributed by atoms with van der Waals surface area (Å²) in [6.45, 7) is 1.60. The van der Waals surface area contributed by atoms with Crippen LogP contribution in [0.1, 0.15) is 6.42 Å². The Morgan fingerprint density at radius 3 is 2.62 bits per heavy atom. The van der Waals surface area contributed by atoms with E-state index in [-0.39, 0.29) is 12.4 Å². The van der Waals surface area contributed by atoms with E-state index < -0.39 is 0 Å². The summed E-state index contributed by atoms with van der Waals surface area (Å²) in [5.41, 5.74) is 1.99. The van der Waals surface area contributed by atoms with Crippen molar-refractivity contribution in [3.8, 4) is 22.9 Å². The summed E-state index contributed by atoms with van der Waals surface area (Å²) < 4.78 is 27.4. The number of ether oxygens (including phenoxy) is 2. The lowest BCUT2D eigenvalue weighted by atomic mass is 10.2. The molecule has 0 unspecified atom stereocenters. The molecule has 4 rings (SSSR count). The molecule has 6 heteroatoms. The first-order chi connectivity index (χ1) is 11.8. The summed E-state index contributed by atoms with van der Waals surface area (Å²) >= 11 is 0. The van der Waals surface area contributed by atoms with E-state index in [2.05, 4.69) is 4.98 Å². The van der Waals surface area contributed by atoms with Gasteiger partial charge in [0.2, 0.25) is 0 Å². The molecule has 1 aromatic heterocycles. The molecule has 2 heterocycles. The molecule has 124 valence electrons. The molecule has 0 aliphatic carbocycles. The van der Waals surface area contributed by atoms with E-state index in [0.717, 1.165) is 11.0 Å². The average molecular weight is 328 g/mol. The predicted octanol–water partition coefficient (Wildman–Crippen LogP) is 3.00. The van der Waals surface area contributed by atoms with Crippen molar-refractivity contribution in [2.24, 2.45) is 0 Å². The number of aliphatic hydroxyl groups is 1. The molecule has 0 saturated heterocycles. The summed E-state index contributed by atoms with van der Waals surface area (Å²) in [6, 6.07) is 10.3. The first kappa shape index (κ1) is 15.0. The van der Waals surface area contributed by atoms with E-state index in [0.29, 0.717) is 49.1 Å². The smallest absolute Gasteiger partial charge is 0.163 e. The number of aryl methyl sites for hydroxylation is 1. The Morgan fingerprint density at radius 1 is 1.12 bits per heavy atom. The van der Waals surface area contributed by atoms with Crippen LogP contribution in [0.4, 0.5) is 4.39 Å². The Kier molecular flexibility index (Phi) is 3.82. The van der Waals surface area contributed by atoms with Crippen molar-refractivity contribution in [1.82, 2.24) is 9.55 Å². The second kappa shape index (κ2) is 6.13. The lowest BCUT2D eigenvalue weighted by Crippen LogP contribution is -2.15. The molecule has 0 saturated carbocycles. The number of rotatable bonds is 4. The van der Waals surface area contributed by atoms with Gasteiger partial charge in [-0.3, -0.25) is 0 Å². The topological polar surface area (TPSA) is 56.5 Å². The van der Waals surface area contributed by atoms with Crippen LogP contribution in [0.25, 0.3) is 22.4 Å². The quantitative estimate of drug-likeness (QED) is 0.800. The molecule has 3 aromatic rings. The van der Waals surface area contributed by atoms with Gasteiger partial charge in [-0.25, -0.2) is 9.37 Å². The van der Waals surface area contributed by atoms with Gasteiger partial charge in [0, 0.05) is 25.3 Å². The summed E-state index contributed by atoms with van der Waals surface area (Å²) in [7, 11) is 0. The van der Waals surface area contributed by atoms with Gasteiger partial charge in [0.05, 0.1) is 16.6 Å². The van der Waals surface area contributed by atoms with Gasteiger partial charge in [0.15, 0.2) is 11.5 Å². The molecule has 24 heavy (non-hydrogen) atoms. The number of halogens is 1. The van der Waals surface area contributed by atoms with Crippen LogP contribution in [-0.4, -0.2) is 34.5 Å². The molecule has 1 aliphatic rings. The molecule has 0 radical (unpaired) electrons. The largest absolute Gasteiger partial charge is 0.486 e. The summed E-state index contributed by atoms with van der Waals surface area (Å²) in [6.07, 6.45) is 0.557. The SMILES string of the molecule is OCCCn1c(-c2ccccc2F)nc2cc3c(cc21)OCCO3. The lowest BCUT2D eigenvalue weighted by Gasteiger charge is -2.18. The molecule has 0 atom stereocenters. The third-order valence-corrected chi connectivity index (χ3v) is 4.07. The van der Waals surface area contributed by atoms with Crippen molar-refractivity contribution >= 4 is 11.0 Å². The summed E-state index contributed by atoms with van der Waals surface area (Å²) in [5.74, 6) is 1.54. The zero-order valence-corrected chi connectivity index (χ0v) is 13.0. The maximum atomic E-state index is 14.3. The monoisotopic (exact) mass is 328 g/mol. The van der Waals surface area contributed by atoms with Crippen molar-refractivity contribution < 1.29 is 19.0 Å². The van der Waals surface area contributed by atoms with E-state index in [9.17, 15) is 9.50 Å². The van der Waals surface area contributed by atoms with Crippen molar-refractivity contribution in [3.63, 3.8) is 0 Å². The zero-order chi connectivity index (χ0) is 16.5. The number of aromatic nitrogens is 2. The number of imidazole rings is 1. The van der Waals surface area contributed by atoms with Crippen LogP contribution < -0.4 is 9.47 Å². The maximum Gasteiger partial charge on any atom is 0.163 e. The van der Waals surface area contributed by atoms with Gasteiger partial charge in [-0.15, -0.1) is 0 Å². The highest BCUT2D eigenvalue weighted by molar-refractivity contribution is 5.84. The van der Waals surface area contributed by atoms with Crippen LogP contribution in [-0.2, 0) is 6.54 Å². The van der Waals surface area contributed by atoms with Gasteiger partial charge in [-0.05, 0) is 18.6 Å². The van der Waals surface area contributed by atoms with Crippen molar-refractivity contribution in [2.75, 3.05) is 19.8 Å². The number of hydrogen-bond acceptors (Lipinski definition) is 4. The molecule has 1 N–H and O–H groups in total. The highest BCUT2D eigenvalue weighted by atomic mass is 19.1. The molecule has 0 spiro atoms.